The van der Waals surface area contributed by atoms with E-state index in [1.54, 1.807) is 19.1 Å². The van der Waals surface area contributed by atoms with Crippen LogP contribution >= 0.6 is 0 Å². The molecule has 1 atom stereocenters. The van der Waals surface area contributed by atoms with Crippen molar-refractivity contribution >= 4 is 11.4 Å². The number of hydrogen-bond donors (Lipinski definition) is 1. The fourth-order valence-corrected chi connectivity index (χ4v) is 2.51. The number of carbonyl (C=O) groups is 1. The summed E-state index contributed by atoms with van der Waals surface area (Å²) in [7, 11) is 0. The highest BCUT2D eigenvalue weighted by molar-refractivity contribution is 6.13. The molecule has 1 unspecified atom stereocenters. The fraction of sp³-hybridized carbons (Fsp3) is 0.150. The zero-order chi connectivity index (χ0) is 16.2. The topological polar surface area (TPSA) is 46.5 Å². The third-order valence-corrected chi connectivity index (χ3v) is 3.82. The Hall–Kier alpha value is -2.65. The van der Waals surface area contributed by atoms with Gasteiger partial charge in [0.1, 0.15) is 6.61 Å². The third-order valence-electron chi connectivity index (χ3n) is 3.82. The number of ether oxygens (including phenoxy) is 1. The minimum atomic E-state index is -0.609. The van der Waals surface area contributed by atoms with Crippen LogP contribution in [0.25, 0.3) is 5.57 Å². The number of hydrogen-bond acceptors (Lipinski definition) is 3. The molecule has 3 rings (SSSR count). The van der Waals surface area contributed by atoms with Crippen molar-refractivity contribution in [1.29, 1.82) is 0 Å². The van der Waals surface area contributed by atoms with Crippen molar-refractivity contribution in [3.63, 3.8) is 0 Å². The normalized spacial score (nSPS) is 15.7. The molecule has 0 amide bonds. The SMILES string of the molecule is CC(O)C1=CC(c2ccccc2)=C(C(=O)c2ccccc2)OC1. The molecule has 1 aliphatic rings. The zero-order valence-corrected chi connectivity index (χ0v) is 12.9. The summed E-state index contributed by atoms with van der Waals surface area (Å²) in [6, 6.07) is 18.7. The maximum atomic E-state index is 12.8. The summed E-state index contributed by atoms with van der Waals surface area (Å²) in [5.41, 5.74) is 2.95. The summed E-state index contributed by atoms with van der Waals surface area (Å²) in [6.45, 7) is 1.92. The summed E-state index contributed by atoms with van der Waals surface area (Å²) in [4.78, 5) is 12.8. The molecule has 1 N–H and O–H groups in total. The highest BCUT2D eigenvalue weighted by Crippen LogP contribution is 2.30. The van der Waals surface area contributed by atoms with Crippen molar-refractivity contribution in [3.8, 4) is 0 Å². The van der Waals surface area contributed by atoms with Gasteiger partial charge >= 0.3 is 0 Å². The third kappa shape index (κ3) is 3.25. The monoisotopic (exact) mass is 306 g/mol. The minimum Gasteiger partial charge on any atom is -0.484 e. The molecule has 0 bridgehead atoms. The Balaban J connectivity index is 2.11. The van der Waals surface area contributed by atoms with Crippen LogP contribution in [0.15, 0.2) is 78.1 Å². The minimum absolute atomic E-state index is 0.148. The van der Waals surface area contributed by atoms with E-state index in [1.165, 1.54) is 0 Å². The maximum Gasteiger partial charge on any atom is 0.228 e. The van der Waals surface area contributed by atoms with E-state index in [4.69, 9.17) is 4.74 Å². The lowest BCUT2D eigenvalue weighted by molar-refractivity contribution is 0.0918. The molecule has 2 aromatic carbocycles. The molecule has 0 aliphatic carbocycles. The van der Waals surface area contributed by atoms with E-state index in [-0.39, 0.29) is 12.4 Å². The lowest BCUT2D eigenvalue weighted by atomic mass is 9.95. The number of Topliss-reactive ketones (excluding diaryl/α,β-unsaturated/α-hetero) is 1. The van der Waals surface area contributed by atoms with Crippen LogP contribution in [0.5, 0.6) is 0 Å². The van der Waals surface area contributed by atoms with Crippen LogP contribution < -0.4 is 0 Å². The van der Waals surface area contributed by atoms with Gasteiger partial charge in [-0.25, -0.2) is 0 Å². The molecule has 0 saturated heterocycles. The van der Waals surface area contributed by atoms with Gasteiger partial charge in [-0.05, 0) is 24.1 Å². The summed E-state index contributed by atoms with van der Waals surface area (Å²) < 4.78 is 5.74. The Labute approximate surface area is 135 Å². The van der Waals surface area contributed by atoms with E-state index < -0.39 is 6.10 Å². The van der Waals surface area contributed by atoms with Gasteiger partial charge in [-0.1, -0.05) is 60.7 Å². The molecule has 0 saturated carbocycles. The molecule has 0 fully saturated rings. The van der Waals surface area contributed by atoms with Gasteiger partial charge in [0.2, 0.25) is 5.78 Å². The number of allylic oxidation sites excluding steroid dienone is 3. The Kier molecular flexibility index (Phi) is 4.40. The molecular weight excluding hydrogens is 288 g/mol. The first-order valence-electron chi connectivity index (χ1n) is 7.57. The van der Waals surface area contributed by atoms with Crippen LogP contribution in [0.2, 0.25) is 0 Å². The van der Waals surface area contributed by atoms with Gasteiger partial charge in [0, 0.05) is 11.1 Å². The molecule has 0 aromatic heterocycles. The highest BCUT2D eigenvalue weighted by Gasteiger charge is 2.24. The Morgan fingerprint density at radius 2 is 1.65 bits per heavy atom. The second kappa shape index (κ2) is 6.63. The summed E-state index contributed by atoms with van der Waals surface area (Å²) in [5.74, 6) is 0.178. The van der Waals surface area contributed by atoms with Crippen LogP contribution in [0.4, 0.5) is 0 Å². The quantitative estimate of drug-likeness (QED) is 0.878. The second-order valence-corrected chi connectivity index (χ2v) is 5.49. The number of rotatable bonds is 4. The first-order valence-corrected chi connectivity index (χ1v) is 7.57. The number of ketones is 1. The van der Waals surface area contributed by atoms with Crippen LogP contribution in [-0.2, 0) is 4.74 Å². The van der Waals surface area contributed by atoms with E-state index in [1.807, 2.05) is 54.6 Å². The Morgan fingerprint density at radius 3 is 2.26 bits per heavy atom. The number of aliphatic hydroxyl groups is 1. The summed E-state index contributed by atoms with van der Waals surface area (Å²) in [5, 5.41) is 9.83. The second-order valence-electron chi connectivity index (χ2n) is 5.49. The molecule has 0 spiro atoms. The van der Waals surface area contributed by atoms with Crippen LogP contribution in [0.1, 0.15) is 22.8 Å². The first kappa shape index (κ1) is 15.3. The van der Waals surface area contributed by atoms with Gasteiger partial charge in [0.25, 0.3) is 0 Å². The van der Waals surface area contributed by atoms with E-state index in [0.29, 0.717) is 16.9 Å². The molecule has 116 valence electrons. The van der Waals surface area contributed by atoms with Crippen molar-refractivity contribution < 1.29 is 14.6 Å². The number of carbonyl (C=O) groups excluding carboxylic acids is 1. The zero-order valence-electron chi connectivity index (χ0n) is 12.9. The lowest BCUT2D eigenvalue weighted by Gasteiger charge is -2.22. The predicted molar refractivity (Wildman–Crippen MR) is 89.9 cm³/mol. The van der Waals surface area contributed by atoms with Crippen molar-refractivity contribution in [3.05, 3.63) is 89.2 Å². The standard InChI is InChI=1S/C20H18O3/c1-14(21)17-12-18(15-8-4-2-5-9-15)20(23-13-17)19(22)16-10-6-3-7-11-16/h2-12,14,21H,13H2,1H3. The molecule has 3 nitrogen and oxygen atoms in total. The van der Waals surface area contributed by atoms with Crippen LogP contribution in [0, 0.1) is 0 Å². The Morgan fingerprint density at radius 1 is 1.04 bits per heavy atom. The van der Waals surface area contributed by atoms with Gasteiger partial charge in [-0.15, -0.1) is 0 Å². The predicted octanol–water partition coefficient (Wildman–Crippen LogP) is 3.62. The first-order chi connectivity index (χ1) is 11.2. The Bertz CT molecular complexity index is 756. The number of aliphatic hydroxyl groups excluding tert-OH is 1. The highest BCUT2D eigenvalue weighted by atomic mass is 16.5. The molecule has 1 aliphatic heterocycles. The molecular formula is C20H18O3. The molecule has 0 radical (unpaired) electrons. The largest absolute Gasteiger partial charge is 0.484 e. The van der Waals surface area contributed by atoms with Gasteiger partial charge in [-0.2, -0.15) is 0 Å². The average Bonchev–Trinajstić information content (AvgIpc) is 2.62. The molecule has 3 heteroatoms. The number of benzene rings is 2. The van der Waals surface area contributed by atoms with E-state index in [2.05, 4.69) is 0 Å². The van der Waals surface area contributed by atoms with Gasteiger partial charge < -0.3 is 9.84 Å². The smallest absolute Gasteiger partial charge is 0.228 e. The molecule has 1 heterocycles. The van der Waals surface area contributed by atoms with E-state index in [9.17, 15) is 9.90 Å². The maximum absolute atomic E-state index is 12.8. The summed E-state index contributed by atoms with van der Waals surface area (Å²) in [6.07, 6.45) is 1.25. The van der Waals surface area contributed by atoms with Gasteiger partial charge in [0.05, 0.1) is 6.10 Å². The fourth-order valence-electron chi connectivity index (χ4n) is 2.51. The van der Waals surface area contributed by atoms with Gasteiger partial charge in [-0.3, -0.25) is 4.79 Å². The molecule has 2 aromatic rings. The summed E-state index contributed by atoms with van der Waals surface area (Å²) >= 11 is 0. The van der Waals surface area contributed by atoms with Crippen molar-refractivity contribution in [1.82, 2.24) is 0 Å². The van der Waals surface area contributed by atoms with Crippen molar-refractivity contribution in [2.24, 2.45) is 0 Å². The van der Waals surface area contributed by atoms with Gasteiger partial charge in [0.15, 0.2) is 5.76 Å². The van der Waals surface area contributed by atoms with Crippen LogP contribution in [0.3, 0.4) is 0 Å². The van der Waals surface area contributed by atoms with E-state index in [0.717, 1.165) is 11.1 Å². The lowest BCUT2D eigenvalue weighted by Crippen LogP contribution is -2.19. The van der Waals surface area contributed by atoms with Crippen molar-refractivity contribution in [2.75, 3.05) is 6.61 Å². The van der Waals surface area contributed by atoms with Crippen molar-refractivity contribution in [2.45, 2.75) is 13.0 Å². The average molecular weight is 306 g/mol. The van der Waals surface area contributed by atoms with E-state index >= 15 is 0 Å². The molecule has 23 heavy (non-hydrogen) atoms. The van der Waals surface area contributed by atoms with Crippen LogP contribution in [-0.4, -0.2) is 23.6 Å².